The van der Waals surface area contributed by atoms with Gasteiger partial charge in [-0.05, 0) is 32.1 Å². The summed E-state index contributed by atoms with van der Waals surface area (Å²) >= 11 is 1.33. The van der Waals surface area contributed by atoms with Crippen molar-refractivity contribution < 1.29 is 14.0 Å². The molecular formula is C21H32N4O3S. The largest absolute Gasteiger partial charge is 0.414 e. The topological polar surface area (TPSA) is 79.5 Å². The number of aromatic nitrogens is 2. The van der Waals surface area contributed by atoms with E-state index >= 15 is 0 Å². The maximum atomic E-state index is 13.2. The first-order chi connectivity index (χ1) is 14.2. The number of carbonyl (C=O) groups is 2. The van der Waals surface area contributed by atoms with Crippen LogP contribution >= 0.6 is 11.8 Å². The Labute approximate surface area is 177 Å². The van der Waals surface area contributed by atoms with Gasteiger partial charge in [0.15, 0.2) is 0 Å². The van der Waals surface area contributed by atoms with Crippen LogP contribution in [-0.4, -0.2) is 56.2 Å². The molecule has 0 unspecified atom stereocenters. The molecule has 0 bridgehead atoms. The highest BCUT2D eigenvalue weighted by atomic mass is 32.2. The fourth-order valence-electron chi connectivity index (χ4n) is 5.02. The number of hydrogen-bond donors (Lipinski definition) is 0. The lowest BCUT2D eigenvalue weighted by Gasteiger charge is -2.41. The third-order valence-corrected chi connectivity index (χ3v) is 7.29. The maximum absolute atomic E-state index is 13.2. The molecule has 2 heterocycles. The van der Waals surface area contributed by atoms with Crippen molar-refractivity contribution in [1.29, 1.82) is 0 Å². The molecular weight excluding hydrogens is 388 g/mol. The molecule has 2 amide bonds. The molecule has 29 heavy (non-hydrogen) atoms. The monoisotopic (exact) mass is 420 g/mol. The number of nitrogens with zero attached hydrogens (tertiary/aromatic N) is 4. The molecule has 1 aromatic heterocycles. The first-order valence-electron chi connectivity index (χ1n) is 11.2. The number of hydrogen-bond acceptors (Lipinski definition) is 6. The van der Waals surface area contributed by atoms with Crippen LogP contribution in [0.5, 0.6) is 0 Å². The van der Waals surface area contributed by atoms with Crippen LogP contribution in [0.4, 0.5) is 0 Å². The highest BCUT2D eigenvalue weighted by Crippen LogP contribution is 2.31. The second-order valence-corrected chi connectivity index (χ2v) is 9.48. The van der Waals surface area contributed by atoms with Gasteiger partial charge in [-0.15, -0.1) is 10.2 Å². The minimum Gasteiger partial charge on any atom is -0.414 e. The summed E-state index contributed by atoms with van der Waals surface area (Å²) in [7, 11) is 0. The van der Waals surface area contributed by atoms with Crippen LogP contribution in [0, 0.1) is 0 Å². The van der Waals surface area contributed by atoms with Crippen LogP contribution in [0.25, 0.3) is 0 Å². The second kappa shape index (κ2) is 9.96. The zero-order valence-electron chi connectivity index (χ0n) is 17.2. The Kier molecular flexibility index (Phi) is 7.11. The fourth-order valence-corrected chi connectivity index (χ4v) is 5.67. The summed E-state index contributed by atoms with van der Waals surface area (Å²) in [5.74, 6) is 1.15. The zero-order chi connectivity index (χ0) is 20.1. The van der Waals surface area contributed by atoms with Gasteiger partial charge in [-0.25, -0.2) is 0 Å². The van der Waals surface area contributed by atoms with Crippen molar-refractivity contribution in [1.82, 2.24) is 20.0 Å². The van der Waals surface area contributed by atoms with Crippen LogP contribution < -0.4 is 0 Å². The zero-order valence-corrected chi connectivity index (χ0v) is 18.0. The van der Waals surface area contributed by atoms with Crippen LogP contribution in [0.1, 0.15) is 82.9 Å². The fraction of sp³-hybridized carbons (Fsp3) is 0.810. The molecule has 3 aliphatic rings. The van der Waals surface area contributed by atoms with Gasteiger partial charge in [0.1, 0.15) is 0 Å². The summed E-state index contributed by atoms with van der Waals surface area (Å²) in [6.07, 6.45) is 13.6. The molecule has 3 fully saturated rings. The van der Waals surface area contributed by atoms with E-state index < -0.39 is 0 Å². The van der Waals surface area contributed by atoms with Crippen molar-refractivity contribution in [3.05, 3.63) is 5.89 Å². The molecule has 0 aromatic carbocycles. The van der Waals surface area contributed by atoms with E-state index in [-0.39, 0.29) is 11.8 Å². The van der Waals surface area contributed by atoms with E-state index in [4.69, 9.17) is 4.42 Å². The third kappa shape index (κ3) is 5.32. The summed E-state index contributed by atoms with van der Waals surface area (Å²) in [6.45, 7) is 1.12. The predicted octanol–water partition coefficient (Wildman–Crippen LogP) is 3.78. The maximum Gasteiger partial charge on any atom is 0.277 e. The molecule has 1 aromatic rings. The first-order valence-corrected chi connectivity index (χ1v) is 12.2. The van der Waals surface area contributed by atoms with Gasteiger partial charge in [0.25, 0.3) is 5.22 Å². The Bertz CT molecular complexity index is 680. The summed E-state index contributed by atoms with van der Waals surface area (Å²) in [5, 5.41) is 8.56. The number of amides is 2. The number of carbonyl (C=O) groups excluding carboxylic acids is 2. The standard InChI is InChI=1S/C21H32N4O3S/c26-19-12-7-13-24(19)14-18-22-23-21(28-18)29-15-20(27)25(16-8-3-1-4-9-16)17-10-5-2-6-11-17/h16-17H,1-15H2. The van der Waals surface area contributed by atoms with Crippen LogP contribution in [0.2, 0.25) is 0 Å². The average molecular weight is 421 g/mol. The highest BCUT2D eigenvalue weighted by Gasteiger charge is 2.32. The Morgan fingerprint density at radius 3 is 2.24 bits per heavy atom. The molecule has 160 valence electrons. The van der Waals surface area contributed by atoms with E-state index in [0.717, 1.165) is 38.6 Å². The van der Waals surface area contributed by atoms with Crippen molar-refractivity contribution in [3.63, 3.8) is 0 Å². The molecule has 0 spiro atoms. The Morgan fingerprint density at radius 2 is 1.66 bits per heavy atom. The normalized spacial score (nSPS) is 21.7. The lowest BCUT2D eigenvalue weighted by molar-refractivity contribution is -0.135. The van der Waals surface area contributed by atoms with Gasteiger partial charge in [-0.3, -0.25) is 9.59 Å². The lowest BCUT2D eigenvalue weighted by Crippen LogP contribution is -2.49. The van der Waals surface area contributed by atoms with Gasteiger partial charge in [0.05, 0.1) is 12.3 Å². The Morgan fingerprint density at radius 1 is 1.00 bits per heavy atom. The van der Waals surface area contributed by atoms with Gasteiger partial charge >= 0.3 is 0 Å². The summed E-state index contributed by atoms with van der Waals surface area (Å²) < 4.78 is 5.69. The molecule has 7 nitrogen and oxygen atoms in total. The van der Waals surface area contributed by atoms with E-state index in [0.29, 0.717) is 41.9 Å². The van der Waals surface area contributed by atoms with Crippen molar-refractivity contribution in [2.75, 3.05) is 12.3 Å². The average Bonchev–Trinajstić information content (AvgIpc) is 3.37. The molecule has 2 saturated carbocycles. The molecule has 0 atom stereocenters. The van der Waals surface area contributed by atoms with Crippen molar-refractivity contribution in [2.24, 2.45) is 0 Å². The molecule has 1 aliphatic heterocycles. The molecule has 4 rings (SSSR count). The molecule has 8 heteroatoms. The van der Waals surface area contributed by atoms with E-state index in [2.05, 4.69) is 15.1 Å². The molecule has 2 aliphatic carbocycles. The van der Waals surface area contributed by atoms with Crippen LogP contribution in [0.15, 0.2) is 9.64 Å². The number of likely N-dealkylation sites (tertiary alicyclic amines) is 1. The Balaban J connectivity index is 1.34. The van der Waals surface area contributed by atoms with E-state index in [1.807, 2.05) is 0 Å². The lowest BCUT2D eigenvalue weighted by atomic mass is 9.88. The summed E-state index contributed by atoms with van der Waals surface area (Å²) in [5.41, 5.74) is 0. The summed E-state index contributed by atoms with van der Waals surface area (Å²) in [6, 6.07) is 0.804. The van der Waals surface area contributed by atoms with Gasteiger partial charge in [-0.1, -0.05) is 50.3 Å². The SMILES string of the molecule is O=C1CCCN1Cc1nnc(SCC(=O)N(C2CCCCC2)C2CCCCC2)o1. The summed E-state index contributed by atoms with van der Waals surface area (Å²) in [4.78, 5) is 28.9. The van der Waals surface area contributed by atoms with E-state index in [1.54, 1.807) is 4.90 Å². The predicted molar refractivity (Wildman–Crippen MR) is 110 cm³/mol. The van der Waals surface area contributed by atoms with E-state index in [9.17, 15) is 9.59 Å². The van der Waals surface area contributed by atoms with Crippen LogP contribution in [-0.2, 0) is 16.1 Å². The minimum atomic E-state index is 0.142. The molecule has 1 saturated heterocycles. The minimum absolute atomic E-state index is 0.142. The first kappa shape index (κ1) is 20.7. The molecule has 0 radical (unpaired) electrons. The van der Waals surface area contributed by atoms with Crippen LogP contribution in [0.3, 0.4) is 0 Å². The van der Waals surface area contributed by atoms with E-state index in [1.165, 1.54) is 50.3 Å². The van der Waals surface area contributed by atoms with Gasteiger partial charge in [0.2, 0.25) is 17.7 Å². The van der Waals surface area contributed by atoms with Gasteiger partial charge < -0.3 is 14.2 Å². The van der Waals surface area contributed by atoms with Gasteiger partial charge in [0, 0.05) is 25.0 Å². The number of rotatable bonds is 7. The third-order valence-electron chi connectivity index (χ3n) is 6.49. The van der Waals surface area contributed by atoms with Crippen molar-refractivity contribution in [2.45, 2.75) is 101 Å². The molecule has 0 N–H and O–H groups in total. The Hall–Kier alpha value is -1.57. The van der Waals surface area contributed by atoms with Crippen molar-refractivity contribution >= 4 is 23.6 Å². The smallest absolute Gasteiger partial charge is 0.277 e. The second-order valence-electron chi connectivity index (χ2n) is 8.55. The van der Waals surface area contributed by atoms with Crippen molar-refractivity contribution in [3.8, 4) is 0 Å². The quantitative estimate of drug-likeness (QED) is 0.625. The highest BCUT2D eigenvalue weighted by molar-refractivity contribution is 7.99. The van der Waals surface area contributed by atoms with Gasteiger partial charge in [-0.2, -0.15) is 0 Å². The number of thioether (sulfide) groups is 1.